The van der Waals surface area contributed by atoms with E-state index in [-0.39, 0.29) is 16.6 Å². The molecule has 1 aromatic carbocycles. The lowest BCUT2D eigenvalue weighted by atomic mass is 10.2. The highest BCUT2D eigenvalue weighted by atomic mass is 32.1. The molecular weight excluding hydrogens is 290 g/mol. The van der Waals surface area contributed by atoms with Crippen LogP contribution in [0.2, 0.25) is 0 Å². The number of benzene rings is 1. The monoisotopic (exact) mass is 301 g/mol. The first-order chi connectivity index (χ1) is 10.0. The number of rotatable bonds is 2. The number of aromatic hydroxyl groups is 1. The van der Waals surface area contributed by atoms with E-state index in [1.807, 2.05) is 19.1 Å². The first kappa shape index (κ1) is 13.3. The van der Waals surface area contributed by atoms with Gasteiger partial charge in [0.1, 0.15) is 0 Å². The first-order valence-electron chi connectivity index (χ1n) is 6.04. The van der Waals surface area contributed by atoms with Crippen LogP contribution in [0.1, 0.15) is 5.56 Å². The summed E-state index contributed by atoms with van der Waals surface area (Å²) < 4.78 is 1.20. The molecule has 0 aliphatic heterocycles. The highest BCUT2D eigenvalue weighted by Gasteiger charge is 2.15. The SMILES string of the molecule is Cc1ccc(-n2nc(-c3nnc(N)s3)c(O)cc2=O)cc1. The van der Waals surface area contributed by atoms with Gasteiger partial charge in [-0.3, -0.25) is 4.79 Å². The number of nitrogens with two attached hydrogens (primary N) is 1. The predicted octanol–water partition coefficient (Wildman–Crippen LogP) is 1.35. The van der Waals surface area contributed by atoms with Gasteiger partial charge < -0.3 is 10.8 Å². The number of aromatic nitrogens is 4. The van der Waals surface area contributed by atoms with E-state index in [1.54, 1.807) is 12.1 Å². The van der Waals surface area contributed by atoms with Crippen molar-refractivity contribution in [3.63, 3.8) is 0 Å². The normalized spacial score (nSPS) is 10.7. The standard InChI is InChI=1S/C13H11N5O2S/c1-7-2-4-8(5-3-7)18-10(20)6-9(19)11(17-18)12-15-16-13(14)21-12/h2-6,19H,1H3,(H2,14,16). The van der Waals surface area contributed by atoms with Crippen molar-refractivity contribution in [1.29, 1.82) is 0 Å². The first-order valence-corrected chi connectivity index (χ1v) is 6.86. The van der Waals surface area contributed by atoms with E-state index in [4.69, 9.17) is 5.73 Å². The van der Waals surface area contributed by atoms with Gasteiger partial charge in [-0.2, -0.15) is 9.78 Å². The molecule has 2 heterocycles. The number of aryl methyl sites for hydroxylation is 1. The second kappa shape index (κ2) is 4.98. The molecule has 3 N–H and O–H groups in total. The minimum Gasteiger partial charge on any atom is -0.505 e. The molecule has 0 fully saturated rings. The van der Waals surface area contributed by atoms with Crippen molar-refractivity contribution in [3.8, 4) is 22.1 Å². The topological polar surface area (TPSA) is 107 Å². The van der Waals surface area contributed by atoms with Crippen molar-refractivity contribution in [2.75, 3.05) is 5.73 Å². The lowest BCUT2D eigenvalue weighted by Crippen LogP contribution is -2.20. The van der Waals surface area contributed by atoms with Crippen molar-refractivity contribution in [1.82, 2.24) is 20.0 Å². The fraction of sp³-hybridized carbons (Fsp3) is 0.0769. The lowest BCUT2D eigenvalue weighted by molar-refractivity contribution is 0.470. The van der Waals surface area contributed by atoms with Crippen LogP contribution in [0.25, 0.3) is 16.4 Å². The quantitative estimate of drug-likeness (QED) is 0.740. The molecule has 3 aromatic rings. The van der Waals surface area contributed by atoms with Gasteiger partial charge in [-0.25, -0.2) is 0 Å². The molecule has 0 aliphatic rings. The zero-order valence-corrected chi connectivity index (χ0v) is 11.8. The second-order valence-corrected chi connectivity index (χ2v) is 5.42. The van der Waals surface area contributed by atoms with Gasteiger partial charge in [-0.05, 0) is 19.1 Å². The van der Waals surface area contributed by atoms with Gasteiger partial charge in [0.15, 0.2) is 16.5 Å². The van der Waals surface area contributed by atoms with Gasteiger partial charge in [0.2, 0.25) is 5.13 Å². The maximum Gasteiger partial charge on any atom is 0.275 e. The van der Waals surface area contributed by atoms with E-state index < -0.39 is 5.56 Å². The van der Waals surface area contributed by atoms with Crippen LogP contribution in [0.4, 0.5) is 5.13 Å². The maximum absolute atomic E-state index is 12.0. The van der Waals surface area contributed by atoms with Crippen LogP contribution in [-0.4, -0.2) is 25.1 Å². The minimum atomic E-state index is -0.433. The average Bonchev–Trinajstić information content (AvgIpc) is 2.87. The van der Waals surface area contributed by atoms with Crippen molar-refractivity contribution >= 4 is 16.5 Å². The van der Waals surface area contributed by atoms with E-state index in [9.17, 15) is 9.90 Å². The van der Waals surface area contributed by atoms with E-state index in [0.29, 0.717) is 10.7 Å². The summed E-state index contributed by atoms with van der Waals surface area (Å²) in [6.07, 6.45) is 0. The number of anilines is 1. The molecule has 21 heavy (non-hydrogen) atoms. The third-order valence-corrected chi connectivity index (χ3v) is 3.59. The van der Waals surface area contributed by atoms with E-state index in [0.717, 1.165) is 23.0 Å². The van der Waals surface area contributed by atoms with Gasteiger partial charge in [0.05, 0.1) is 5.69 Å². The van der Waals surface area contributed by atoms with Crippen LogP contribution in [0.5, 0.6) is 5.75 Å². The maximum atomic E-state index is 12.0. The Morgan fingerprint density at radius 2 is 1.95 bits per heavy atom. The molecule has 0 unspecified atom stereocenters. The van der Waals surface area contributed by atoms with Crippen molar-refractivity contribution in [3.05, 3.63) is 46.2 Å². The van der Waals surface area contributed by atoms with Gasteiger partial charge in [-0.1, -0.05) is 29.0 Å². The molecule has 2 aromatic heterocycles. The summed E-state index contributed by atoms with van der Waals surface area (Å²) in [6.45, 7) is 1.95. The van der Waals surface area contributed by atoms with Gasteiger partial charge in [-0.15, -0.1) is 10.2 Å². The third-order valence-electron chi connectivity index (χ3n) is 2.83. The molecule has 7 nitrogen and oxygen atoms in total. The Morgan fingerprint density at radius 3 is 2.57 bits per heavy atom. The molecule has 8 heteroatoms. The van der Waals surface area contributed by atoms with Crippen molar-refractivity contribution in [2.45, 2.75) is 6.92 Å². The molecule has 0 atom stereocenters. The van der Waals surface area contributed by atoms with Gasteiger partial charge in [0.25, 0.3) is 5.56 Å². The summed E-state index contributed by atoms with van der Waals surface area (Å²) in [5.74, 6) is -0.250. The van der Waals surface area contributed by atoms with Crippen LogP contribution in [0.3, 0.4) is 0 Å². The number of hydrogen-bond donors (Lipinski definition) is 2. The molecule has 106 valence electrons. The smallest absolute Gasteiger partial charge is 0.275 e. The average molecular weight is 301 g/mol. The summed E-state index contributed by atoms with van der Waals surface area (Å²) in [5, 5.41) is 22.2. The van der Waals surface area contributed by atoms with E-state index in [2.05, 4.69) is 15.3 Å². The summed E-state index contributed by atoms with van der Waals surface area (Å²) in [4.78, 5) is 12.0. The summed E-state index contributed by atoms with van der Waals surface area (Å²) in [5.41, 5.74) is 6.94. The molecule has 0 saturated carbocycles. The Bertz CT molecular complexity index is 854. The third kappa shape index (κ3) is 2.48. The summed E-state index contributed by atoms with van der Waals surface area (Å²) >= 11 is 1.08. The van der Waals surface area contributed by atoms with Crippen molar-refractivity contribution in [2.24, 2.45) is 0 Å². The van der Waals surface area contributed by atoms with E-state index >= 15 is 0 Å². The molecule has 0 bridgehead atoms. The minimum absolute atomic E-state index is 0.171. The van der Waals surface area contributed by atoms with Crippen LogP contribution < -0.4 is 11.3 Å². The second-order valence-electron chi connectivity index (χ2n) is 4.41. The fourth-order valence-corrected chi connectivity index (χ4v) is 2.40. The Kier molecular flexibility index (Phi) is 3.15. The Morgan fingerprint density at radius 1 is 1.24 bits per heavy atom. The highest BCUT2D eigenvalue weighted by molar-refractivity contribution is 7.18. The molecular formula is C13H11N5O2S. The van der Waals surface area contributed by atoms with Crippen LogP contribution in [0, 0.1) is 6.92 Å². The van der Waals surface area contributed by atoms with Crippen molar-refractivity contribution < 1.29 is 5.11 Å². The molecule has 0 amide bonds. The Balaban J connectivity index is 2.18. The molecule has 3 rings (SSSR count). The van der Waals surface area contributed by atoms with Gasteiger partial charge >= 0.3 is 0 Å². The molecule has 0 spiro atoms. The molecule has 0 saturated heterocycles. The largest absolute Gasteiger partial charge is 0.505 e. The van der Waals surface area contributed by atoms with E-state index in [1.165, 1.54) is 4.68 Å². The molecule has 0 aliphatic carbocycles. The number of hydrogen-bond acceptors (Lipinski definition) is 7. The summed E-state index contributed by atoms with van der Waals surface area (Å²) in [6, 6.07) is 8.40. The number of nitrogen functional groups attached to an aromatic ring is 1. The zero-order chi connectivity index (χ0) is 15.0. The Hall–Kier alpha value is -2.74. The lowest BCUT2D eigenvalue weighted by Gasteiger charge is -2.07. The van der Waals surface area contributed by atoms with Crippen LogP contribution >= 0.6 is 11.3 Å². The molecule has 0 radical (unpaired) electrons. The summed E-state index contributed by atoms with van der Waals surface area (Å²) in [7, 11) is 0. The van der Waals surface area contributed by atoms with Crippen LogP contribution in [0.15, 0.2) is 35.1 Å². The zero-order valence-electron chi connectivity index (χ0n) is 11.0. The predicted molar refractivity (Wildman–Crippen MR) is 79.6 cm³/mol. The number of nitrogens with zero attached hydrogens (tertiary/aromatic N) is 4. The highest BCUT2D eigenvalue weighted by Crippen LogP contribution is 2.29. The van der Waals surface area contributed by atoms with Crippen LogP contribution in [-0.2, 0) is 0 Å². The Labute approximate surface area is 123 Å². The van der Waals surface area contributed by atoms with Gasteiger partial charge in [0, 0.05) is 6.07 Å². The fourth-order valence-electron chi connectivity index (χ4n) is 1.80.